The normalized spacial score (nSPS) is 9.75. The fourth-order valence-corrected chi connectivity index (χ4v) is 1.04. The van der Waals surface area contributed by atoms with Crippen LogP contribution < -0.4 is 0 Å². The molecule has 0 aliphatic carbocycles. The summed E-state index contributed by atoms with van der Waals surface area (Å²) in [7, 11) is 0. The summed E-state index contributed by atoms with van der Waals surface area (Å²) >= 11 is 4.38. The first-order valence-corrected chi connectivity index (χ1v) is 3.95. The van der Waals surface area contributed by atoms with E-state index in [0.29, 0.717) is 16.2 Å². The summed E-state index contributed by atoms with van der Waals surface area (Å²) in [4.78, 5) is 0. The lowest BCUT2D eigenvalue weighted by molar-refractivity contribution is -0.325. The Morgan fingerprint density at radius 1 is 1.33 bits per heavy atom. The summed E-state index contributed by atoms with van der Waals surface area (Å²) in [6.07, 6.45) is 0.608. The van der Waals surface area contributed by atoms with Gasteiger partial charge in [-0.25, -0.2) is 0 Å². The van der Waals surface area contributed by atoms with Crippen molar-refractivity contribution in [1.29, 1.82) is 0 Å². The van der Waals surface area contributed by atoms with Crippen molar-refractivity contribution in [2.24, 2.45) is 0 Å². The summed E-state index contributed by atoms with van der Waals surface area (Å²) in [6.45, 7) is 0.119. The maximum Gasteiger partial charge on any atom is 0.284 e. The van der Waals surface area contributed by atoms with Crippen LogP contribution in [-0.2, 0) is 18.8 Å². The van der Waals surface area contributed by atoms with Gasteiger partial charge in [-0.1, -0.05) is 16.2 Å². The monoisotopic (exact) mass is 183 g/mol. The van der Waals surface area contributed by atoms with E-state index >= 15 is 0 Å². The Morgan fingerprint density at radius 2 is 1.92 bits per heavy atom. The number of benzene rings is 1. The van der Waals surface area contributed by atoms with E-state index in [0.717, 1.165) is 5.56 Å². The lowest BCUT2D eigenvalue weighted by Gasteiger charge is -1.98. The summed E-state index contributed by atoms with van der Waals surface area (Å²) < 4.78 is 0.392. The second-order valence-corrected chi connectivity index (χ2v) is 2.73. The third kappa shape index (κ3) is 2.25. The molecular formula is C8H9NO2S. The minimum absolute atomic E-state index is 0.119. The van der Waals surface area contributed by atoms with Gasteiger partial charge in [-0.3, -0.25) is 0 Å². The number of hydrogen-bond donors (Lipinski definition) is 1. The zero-order valence-electron chi connectivity index (χ0n) is 6.43. The highest BCUT2D eigenvalue weighted by molar-refractivity contribution is 7.44. The van der Waals surface area contributed by atoms with Crippen molar-refractivity contribution in [3.05, 3.63) is 35.0 Å². The van der Waals surface area contributed by atoms with Crippen LogP contribution in [0.1, 0.15) is 5.56 Å². The van der Waals surface area contributed by atoms with Gasteiger partial charge >= 0.3 is 0 Å². The molecule has 0 atom stereocenters. The highest BCUT2D eigenvalue weighted by Gasteiger charge is 1.99. The van der Waals surface area contributed by atoms with Gasteiger partial charge < -0.3 is 10.3 Å². The van der Waals surface area contributed by atoms with Crippen molar-refractivity contribution in [3.63, 3.8) is 0 Å². The predicted octanol–water partition coefficient (Wildman–Crippen LogP) is 1.09. The van der Waals surface area contributed by atoms with Gasteiger partial charge in [0.1, 0.15) is 0 Å². The molecule has 0 saturated heterocycles. The van der Waals surface area contributed by atoms with Crippen molar-refractivity contribution in [1.82, 2.24) is 0 Å². The Hall–Kier alpha value is -1.00. The van der Waals surface area contributed by atoms with Gasteiger partial charge in [0.15, 0.2) is 0 Å². The molecule has 12 heavy (non-hydrogen) atoms. The molecule has 0 bridgehead atoms. The molecule has 1 aromatic rings. The van der Waals surface area contributed by atoms with E-state index in [2.05, 4.69) is 12.4 Å². The SMILES string of the molecule is [O-][N+](=S)c1ccc(CCO)cc1. The Kier molecular flexibility index (Phi) is 3.13. The van der Waals surface area contributed by atoms with E-state index in [1.165, 1.54) is 0 Å². The minimum atomic E-state index is 0.119. The van der Waals surface area contributed by atoms with E-state index in [9.17, 15) is 5.21 Å². The smallest absolute Gasteiger partial charge is 0.284 e. The molecule has 0 fully saturated rings. The van der Waals surface area contributed by atoms with Gasteiger partial charge in [0, 0.05) is 18.7 Å². The van der Waals surface area contributed by atoms with Crippen LogP contribution in [0, 0.1) is 5.21 Å². The molecule has 1 rings (SSSR count). The first-order chi connectivity index (χ1) is 5.74. The summed E-state index contributed by atoms with van der Waals surface area (Å²) in [5.74, 6) is 0. The van der Waals surface area contributed by atoms with Crippen LogP contribution in [0.15, 0.2) is 24.3 Å². The fourth-order valence-electron chi connectivity index (χ4n) is 0.913. The fraction of sp³-hybridized carbons (Fsp3) is 0.250. The Balaban J connectivity index is 2.78. The van der Waals surface area contributed by atoms with Gasteiger partial charge in [0.25, 0.3) is 12.4 Å². The van der Waals surface area contributed by atoms with E-state index in [4.69, 9.17) is 5.11 Å². The average molecular weight is 183 g/mol. The van der Waals surface area contributed by atoms with Gasteiger partial charge in [0.05, 0.1) is 0 Å². The molecule has 0 unspecified atom stereocenters. The van der Waals surface area contributed by atoms with Gasteiger partial charge in [-0.05, 0) is 12.0 Å². The second-order valence-electron chi connectivity index (χ2n) is 2.40. The first kappa shape index (κ1) is 9.09. The Labute approximate surface area is 76.0 Å². The quantitative estimate of drug-likeness (QED) is 0.563. The molecule has 1 N–H and O–H groups in total. The van der Waals surface area contributed by atoms with E-state index in [-0.39, 0.29) is 6.61 Å². The van der Waals surface area contributed by atoms with Crippen molar-refractivity contribution >= 4 is 18.1 Å². The largest absolute Gasteiger partial charge is 0.605 e. The van der Waals surface area contributed by atoms with Crippen LogP contribution in [0.25, 0.3) is 0 Å². The van der Waals surface area contributed by atoms with Crippen molar-refractivity contribution < 1.29 is 9.22 Å². The van der Waals surface area contributed by atoms with Gasteiger partial charge in [-0.15, -0.1) is 0 Å². The van der Waals surface area contributed by atoms with E-state index < -0.39 is 0 Å². The maximum absolute atomic E-state index is 10.6. The lowest BCUT2D eigenvalue weighted by Crippen LogP contribution is -1.91. The van der Waals surface area contributed by atoms with Crippen molar-refractivity contribution in [2.75, 3.05) is 6.61 Å². The number of aliphatic hydroxyl groups excluding tert-OH is 1. The summed E-state index contributed by atoms with van der Waals surface area (Å²) in [5.41, 5.74) is 1.45. The molecule has 0 heterocycles. The molecule has 0 aliphatic heterocycles. The highest BCUT2D eigenvalue weighted by Crippen LogP contribution is 2.11. The third-order valence-electron chi connectivity index (χ3n) is 1.55. The summed E-state index contributed by atoms with van der Waals surface area (Å²) in [5, 5.41) is 19.2. The molecule has 3 nitrogen and oxygen atoms in total. The lowest BCUT2D eigenvalue weighted by atomic mass is 10.1. The van der Waals surface area contributed by atoms with Crippen LogP contribution in [0.3, 0.4) is 0 Å². The Bertz CT molecular complexity index is 271. The molecule has 4 heteroatoms. The average Bonchev–Trinajstić information content (AvgIpc) is 2.06. The van der Waals surface area contributed by atoms with E-state index in [1.807, 2.05) is 0 Å². The van der Waals surface area contributed by atoms with Gasteiger partial charge in [0.2, 0.25) is 5.69 Å². The first-order valence-electron chi connectivity index (χ1n) is 3.58. The molecule has 0 spiro atoms. The predicted molar refractivity (Wildman–Crippen MR) is 47.9 cm³/mol. The number of hydrogen-bond acceptors (Lipinski definition) is 3. The molecule has 0 saturated carbocycles. The van der Waals surface area contributed by atoms with Gasteiger partial charge in [-0.2, -0.15) is 0 Å². The van der Waals surface area contributed by atoms with Crippen LogP contribution in [-0.4, -0.2) is 15.8 Å². The number of nitrogens with zero attached hydrogens (tertiary/aromatic N) is 1. The molecule has 64 valence electrons. The summed E-state index contributed by atoms with van der Waals surface area (Å²) in [6, 6.07) is 6.85. The molecule has 0 aliphatic rings. The van der Waals surface area contributed by atoms with Crippen molar-refractivity contribution in [2.45, 2.75) is 6.42 Å². The minimum Gasteiger partial charge on any atom is -0.605 e. The van der Waals surface area contributed by atoms with Crippen molar-refractivity contribution in [3.8, 4) is 0 Å². The zero-order valence-corrected chi connectivity index (χ0v) is 7.25. The second kappa shape index (κ2) is 4.13. The van der Waals surface area contributed by atoms with Crippen LogP contribution in [0.2, 0.25) is 0 Å². The molecule has 0 amide bonds. The highest BCUT2D eigenvalue weighted by atomic mass is 32.1. The standard InChI is InChI=1S/C8H9NO2S/c10-6-5-7-1-3-8(4-2-7)9(11)12/h1-4,10H,5-6H2. The number of rotatable bonds is 3. The third-order valence-corrected chi connectivity index (χ3v) is 1.76. The molecule has 0 radical (unpaired) electrons. The van der Waals surface area contributed by atoms with E-state index in [1.54, 1.807) is 24.3 Å². The zero-order chi connectivity index (χ0) is 8.97. The van der Waals surface area contributed by atoms with Crippen LogP contribution in [0.5, 0.6) is 0 Å². The maximum atomic E-state index is 10.6. The molecular weight excluding hydrogens is 174 g/mol. The van der Waals surface area contributed by atoms with Crippen LogP contribution >= 0.6 is 0 Å². The van der Waals surface area contributed by atoms with Crippen LogP contribution in [0.4, 0.5) is 5.69 Å². The Morgan fingerprint density at radius 3 is 2.33 bits per heavy atom. The topological polar surface area (TPSA) is 46.3 Å². The number of aliphatic hydroxyl groups is 1. The molecule has 0 aromatic heterocycles. The molecule has 1 aromatic carbocycles.